The van der Waals surface area contributed by atoms with Crippen molar-refractivity contribution in [3.8, 4) is 11.5 Å². The highest BCUT2D eigenvalue weighted by Gasteiger charge is 2.08. The van der Waals surface area contributed by atoms with Crippen molar-refractivity contribution in [1.82, 2.24) is 16.0 Å². The molecule has 3 N–H and O–H groups in total. The number of nitrogens with one attached hydrogen (secondary N) is 3. The summed E-state index contributed by atoms with van der Waals surface area (Å²) in [6, 6.07) is 15.5. The number of guanidine groups is 1. The van der Waals surface area contributed by atoms with Crippen molar-refractivity contribution in [3.05, 3.63) is 59.7 Å². The number of carbonyl (C=O) groups excluding carboxylic acids is 1. The highest BCUT2D eigenvalue weighted by atomic mass is 127. The van der Waals surface area contributed by atoms with Crippen LogP contribution >= 0.6 is 24.0 Å². The van der Waals surface area contributed by atoms with Crippen LogP contribution in [0.1, 0.15) is 25.0 Å². The number of hydrogen-bond donors (Lipinski definition) is 3. The number of rotatable bonds is 10. The fraction of sp³-hybridized carbons (Fsp3) is 0.391. The maximum Gasteiger partial charge on any atom is 0.242 e. The van der Waals surface area contributed by atoms with Gasteiger partial charge >= 0.3 is 0 Å². The third-order valence-corrected chi connectivity index (χ3v) is 4.35. The van der Waals surface area contributed by atoms with E-state index in [1.54, 1.807) is 7.11 Å². The highest BCUT2D eigenvalue weighted by Crippen LogP contribution is 2.17. The Morgan fingerprint density at radius 2 is 1.77 bits per heavy atom. The minimum absolute atomic E-state index is 0. The van der Waals surface area contributed by atoms with Crippen LogP contribution < -0.4 is 25.4 Å². The number of aliphatic imine (C=N–C) groups is 1. The van der Waals surface area contributed by atoms with Gasteiger partial charge in [0.1, 0.15) is 24.1 Å². The van der Waals surface area contributed by atoms with E-state index in [4.69, 9.17) is 9.47 Å². The summed E-state index contributed by atoms with van der Waals surface area (Å²) in [6.45, 7) is 7.74. The van der Waals surface area contributed by atoms with Crippen molar-refractivity contribution in [2.24, 2.45) is 4.99 Å². The molecule has 1 unspecified atom stereocenters. The lowest BCUT2D eigenvalue weighted by Crippen LogP contribution is -2.42. The average molecular weight is 540 g/mol. The normalized spacial score (nSPS) is 11.7. The zero-order chi connectivity index (χ0) is 21.8. The molecule has 2 aromatic rings. The second-order valence-electron chi connectivity index (χ2n) is 6.89. The second kappa shape index (κ2) is 14.5. The quantitative estimate of drug-likeness (QED) is 0.245. The van der Waals surface area contributed by atoms with Crippen LogP contribution in [0.25, 0.3) is 0 Å². The number of ether oxygens (including phenoxy) is 2. The van der Waals surface area contributed by atoms with E-state index in [1.807, 2.05) is 69.3 Å². The Labute approximate surface area is 202 Å². The molecule has 2 rings (SSSR count). The Kier molecular flexibility index (Phi) is 12.4. The summed E-state index contributed by atoms with van der Waals surface area (Å²) in [4.78, 5) is 16.5. The summed E-state index contributed by atoms with van der Waals surface area (Å²) >= 11 is 0. The van der Waals surface area contributed by atoms with Gasteiger partial charge in [0, 0.05) is 13.1 Å². The Balaban J connectivity index is 0.00000480. The van der Waals surface area contributed by atoms with Gasteiger partial charge in [-0.15, -0.1) is 24.0 Å². The highest BCUT2D eigenvalue weighted by molar-refractivity contribution is 14.0. The third-order valence-electron chi connectivity index (χ3n) is 4.35. The molecule has 0 radical (unpaired) electrons. The first-order valence-electron chi connectivity index (χ1n) is 10.2. The molecule has 0 aliphatic carbocycles. The summed E-state index contributed by atoms with van der Waals surface area (Å²) in [6.07, 6.45) is -0.0566. The molecule has 0 bridgehead atoms. The molecule has 170 valence electrons. The van der Waals surface area contributed by atoms with E-state index < -0.39 is 0 Å². The Hall–Kier alpha value is -2.49. The molecule has 0 saturated carbocycles. The van der Waals surface area contributed by atoms with Crippen LogP contribution in [-0.2, 0) is 11.3 Å². The van der Waals surface area contributed by atoms with Crippen molar-refractivity contribution >= 4 is 35.8 Å². The van der Waals surface area contributed by atoms with Gasteiger partial charge in [-0.05, 0) is 50.1 Å². The molecule has 31 heavy (non-hydrogen) atoms. The van der Waals surface area contributed by atoms with E-state index in [2.05, 4.69) is 20.9 Å². The van der Waals surface area contributed by atoms with Crippen LogP contribution in [0.5, 0.6) is 11.5 Å². The molecule has 1 amide bonds. The molecule has 0 saturated heterocycles. The van der Waals surface area contributed by atoms with Gasteiger partial charge in [0.05, 0.1) is 13.7 Å². The van der Waals surface area contributed by atoms with Crippen molar-refractivity contribution in [1.29, 1.82) is 0 Å². The van der Waals surface area contributed by atoms with E-state index in [0.29, 0.717) is 25.6 Å². The maximum atomic E-state index is 12.1. The summed E-state index contributed by atoms with van der Waals surface area (Å²) in [5, 5.41) is 9.24. The van der Waals surface area contributed by atoms with Crippen LogP contribution in [-0.4, -0.2) is 44.7 Å². The van der Waals surface area contributed by atoms with Crippen LogP contribution in [0.2, 0.25) is 0 Å². The molecule has 0 heterocycles. The molecule has 7 nitrogen and oxygen atoms in total. The lowest BCUT2D eigenvalue weighted by molar-refractivity contribution is -0.119. The molecule has 0 aliphatic rings. The molecule has 0 aromatic heterocycles. The number of hydrogen-bond acceptors (Lipinski definition) is 4. The van der Waals surface area contributed by atoms with E-state index in [9.17, 15) is 4.79 Å². The summed E-state index contributed by atoms with van der Waals surface area (Å²) in [5.41, 5.74) is 2.10. The van der Waals surface area contributed by atoms with E-state index >= 15 is 0 Å². The number of aryl methyl sites for hydroxylation is 1. The summed E-state index contributed by atoms with van der Waals surface area (Å²) < 4.78 is 11.1. The van der Waals surface area contributed by atoms with Gasteiger partial charge in [-0.3, -0.25) is 4.79 Å². The van der Waals surface area contributed by atoms with E-state index in [-0.39, 0.29) is 42.5 Å². The average Bonchev–Trinajstić information content (AvgIpc) is 2.76. The van der Waals surface area contributed by atoms with Crippen molar-refractivity contribution in [2.75, 3.05) is 26.7 Å². The zero-order valence-corrected chi connectivity index (χ0v) is 20.9. The molecule has 2 aromatic carbocycles. The van der Waals surface area contributed by atoms with Crippen molar-refractivity contribution in [2.45, 2.75) is 33.4 Å². The van der Waals surface area contributed by atoms with Gasteiger partial charge in [-0.1, -0.05) is 30.3 Å². The Morgan fingerprint density at radius 3 is 2.42 bits per heavy atom. The van der Waals surface area contributed by atoms with E-state index in [1.165, 1.54) is 0 Å². The SMILES string of the molecule is CCNC(=NCC(=O)NCc1ccc(OC)cc1)NCC(C)Oc1ccccc1C.I. The Morgan fingerprint density at radius 1 is 1.06 bits per heavy atom. The largest absolute Gasteiger partial charge is 0.497 e. The van der Waals surface area contributed by atoms with Gasteiger partial charge in [0.25, 0.3) is 0 Å². The molecule has 1 atom stereocenters. The second-order valence-corrected chi connectivity index (χ2v) is 6.89. The van der Waals surface area contributed by atoms with Gasteiger partial charge in [-0.2, -0.15) is 0 Å². The fourth-order valence-corrected chi connectivity index (χ4v) is 2.68. The first kappa shape index (κ1) is 26.5. The van der Waals surface area contributed by atoms with E-state index in [0.717, 1.165) is 22.6 Å². The topological polar surface area (TPSA) is 84.0 Å². The van der Waals surface area contributed by atoms with Gasteiger partial charge in [-0.25, -0.2) is 4.99 Å². The molecule has 0 fully saturated rings. The van der Waals surface area contributed by atoms with Gasteiger partial charge in [0.15, 0.2) is 5.96 Å². The number of nitrogens with zero attached hydrogens (tertiary/aromatic N) is 1. The predicted molar refractivity (Wildman–Crippen MR) is 136 cm³/mol. The van der Waals surface area contributed by atoms with Gasteiger partial charge < -0.3 is 25.4 Å². The third kappa shape index (κ3) is 9.91. The molecule has 0 aliphatic heterocycles. The first-order chi connectivity index (χ1) is 14.5. The van der Waals surface area contributed by atoms with Crippen LogP contribution in [0, 0.1) is 6.92 Å². The summed E-state index contributed by atoms with van der Waals surface area (Å²) in [7, 11) is 1.63. The number of benzene rings is 2. The monoisotopic (exact) mass is 540 g/mol. The number of amides is 1. The molecule has 0 spiro atoms. The van der Waals surface area contributed by atoms with Crippen LogP contribution in [0.3, 0.4) is 0 Å². The molecule has 8 heteroatoms. The van der Waals surface area contributed by atoms with Crippen molar-refractivity contribution in [3.63, 3.8) is 0 Å². The maximum absolute atomic E-state index is 12.1. The fourth-order valence-electron chi connectivity index (χ4n) is 2.68. The number of carbonyl (C=O) groups is 1. The molecular formula is C23H33IN4O3. The van der Waals surface area contributed by atoms with Crippen LogP contribution in [0.4, 0.5) is 0 Å². The first-order valence-corrected chi connectivity index (χ1v) is 10.2. The molecular weight excluding hydrogens is 507 g/mol. The number of para-hydroxylation sites is 1. The lowest BCUT2D eigenvalue weighted by Gasteiger charge is -2.18. The number of halogens is 1. The smallest absolute Gasteiger partial charge is 0.242 e. The Bertz CT molecular complexity index is 828. The zero-order valence-electron chi connectivity index (χ0n) is 18.6. The van der Waals surface area contributed by atoms with Crippen molar-refractivity contribution < 1.29 is 14.3 Å². The van der Waals surface area contributed by atoms with Gasteiger partial charge in [0.2, 0.25) is 5.91 Å². The summed E-state index contributed by atoms with van der Waals surface area (Å²) in [5.74, 6) is 2.09. The minimum Gasteiger partial charge on any atom is -0.497 e. The predicted octanol–water partition coefficient (Wildman–Crippen LogP) is 3.26. The number of methoxy groups -OCH3 is 1. The standard InChI is InChI=1S/C23H32N4O3.HI/c1-5-24-23(26-14-18(3)30-21-9-7-6-8-17(21)2)27-16-22(28)25-15-19-10-12-20(29-4)13-11-19;/h6-13,18H,5,14-16H2,1-4H3,(H,25,28)(H2,24,26,27);1H. The van der Waals surface area contributed by atoms with Crippen LogP contribution in [0.15, 0.2) is 53.5 Å². The lowest BCUT2D eigenvalue weighted by atomic mass is 10.2. The minimum atomic E-state index is -0.146.